The zero-order chi connectivity index (χ0) is 18.2. The van der Waals surface area contributed by atoms with Crippen molar-refractivity contribution < 1.29 is 9.53 Å². The smallest absolute Gasteiger partial charge is 0.248 e. The van der Waals surface area contributed by atoms with Gasteiger partial charge in [0.25, 0.3) is 0 Å². The van der Waals surface area contributed by atoms with E-state index < -0.39 is 0 Å². The second kappa shape index (κ2) is 9.55. The number of benzene rings is 2. The van der Waals surface area contributed by atoms with Gasteiger partial charge in [-0.15, -0.1) is 0 Å². The molecule has 1 aliphatic heterocycles. The molecule has 0 unspecified atom stereocenters. The third-order valence-electron chi connectivity index (χ3n) is 4.32. The van der Waals surface area contributed by atoms with Gasteiger partial charge in [0.15, 0.2) is 0 Å². The predicted molar refractivity (Wildman–Crippen MR) is 109 cm³/mol. The van der Waals surface area contributed by atoms with Gasteiger partial charge in [-0.05, 0) is 67.8 Å². The molecule has 0 spiro atoms. The molecule has 0 bridgehead atoms. The number of hydrogen-bond acceptors (Lipinski definition) is 3. The zero-order valence-electron chi connectivity index (χ0n) is 14.6. The molecule has 0 atom stereocenters. The summed E-state index contributed by atoms with van der Waals surface area (Å²) in [4.78, 5) is 12.1. The van der Waals surface area contributed by atoms with Crippen molar-refractivity contribution in [2.24, 2.45) is 5.92 Å². The minimum atomic E-state index is -0.166. The standard InChI is InChI=1S/C21H23BrN2O2/c22-18-4-1-3-16(13-18)7-8-21(25)24-19-5-2-6-20(14-19)26-15-17-9-11-23-12-10-17/h1-8,13-14,17,23H,9-12,15H2,(H,24,25)/b8-7+. The fourth-order valence-electron chi connectivity index (χ4n) is 2.89. The Morgan fingerprint density at radius 3 is 2.81 bits per heavy atom. The summed E-state index contributed by atoms with van der Waals surface area (Å²) in [5.74, 6) is 1.22. The van der Waals surface area contributed by atoms with E-state index >= 15 is 0 Å². The highest BCUT2D eigenvalue weighted by molar-refractivity contribution is 9.10. The van der Waals surface area contributed by atoms with Gasteiger partial charge in [0.05, 0.1) is 6.61 Å². The van der Waals surface area contributed by atoms with Gasteiger partial charge in [-0.1, -0.05) is 34.1 Å². The van der Waals surface area contributed by atoms with Gasteiger partial charge in [0.2, 0.25) is 5.91 Å². The van der Waals surface area contributed by atoms with Crippen LogP contribution >= 0.6 is 15.9 Å². The van der Waals surface area contributed by atoms with Crippen molar-refractivity contribution in [3.05, 3.63) is 64.6 Å². The Balaban J connectivity index is 1.53. The molecule has 5 heteroatoms. The topological polar surface area (TPSA) is 50.4 Å². The third kappa shape index (κ3) is 6.00. The summed E-state index contributed by atoms with van der Waals surface area (Å²) in [6, 6.07) is 15.3. The Bertz CT molecular complexity index is 770. The molecule has 2 aromatic carbocycles. The summed E-state index contributed by atoms with van der Waals surface area (Å²) in [7, 11) is 0. The molecule has 1 amide bonds. The number of anilines is 1. The van der Waals surface area contributed by atoms with Crippen LogP contribution in [-0.4, -0.2) is 25.6 Å². The maximum Gasteiger partial charge on any atom is 0.248 e. The predicted octanol–water partition coefficient (Wildman–Crippen LogP) is 4.48. The highest BCUT2D eigenvalue weighted by Gasteiger charge is 2.13. The van der Waals surface area contributed by atoms with E-state index in [1.165, 1.54) is 6.08 Å². The van der Waals surface area contributed by atoms with Crippen LogP contribution in [0.4, 0.5) is 5.69 Å². The van der Waals surface area contributed by atoms with E-state index in [0.29, 0.717) is 5.92 Å². The number of hydrogen-bond donors (Lipinski definition) is 2. The van der Waals surface area contributed by atoms with Crippen LogP contribution in [0.1, 0.15) is 18.4 Å². The number of piperidine rings is 1. The summed E-state index contributed by atoms with van der Waals surface area (Å²) < 4.78 is 6.89. The van der Waals surface area contributed by atoms with E-state index in [4.69, 9.17) is 4.74 Å². The summed E-state index contributed by atoms with van der Waals surface area (Å²) in [5, 5.41) is 6.24. The molecule has 136 valence electrons. The highest BCUT2D eigenvalue weighted by Crippen LogP contribution is 2.20. The number of carbonyl (C=O) groups is 1. The van der Waals surface area contributed by atoms with Crippen molar-refractivity contribution >= 4 is 33.6 Å². The molecule has 4 nitrogen and oxygen atoms in total. The average molecular weight is 415 g/mol. The van der Waals surface area contributed by atoms with Crippen LogP contribution in [0.2, 0.25) is 0 Å². The van der Waals surface area contributed by atoms with Crippen LogP contribution in [0.5, 0.6) is 5.75 Å². The Kier molecular flexibility index (Phi) is 6.86. The normalized spacial score (nSPS) is 15.1. The largest absolute Gasteiger partial charge is 0.493 e. The quantitative estimate of drug-likeness (QED) is 0.685. The molecular weight excluding hydrogens is 392 g/mol. The molecule has 2 aromatic rings. The lowest BCUT2D eigenvalue weighted by molar-refractivity contribution is -0.111. The Morgan fingerprint density at radius 2 is 2.00 bits per heavy atom. The number of amides is 1. The van der Waals surface area contributed by atoms with Gasteiger partial charge in [-0.3, -0.25) is 4.79 Å². The number of ether oxygens (including phenoxy) is 1. The van der Waals surface area contributed by atoms with Crippen molar-refractivity contribution in [2.45, 2.75) is 12.8 Å². The Hall–Kier alpha value is -2.11. The molecule has 1 aliphatic rings. The van der Waals surface area contributed by atoms with Crippen LogP contribution in [0.3, 0.4) is 0 Å². The number of carbonyl (C=O) groups excluding carboxylic acids is 1. The molecule has 0 radical (unpaired) electrons. The van der Waals surface area contributed by atoms with Gasteiger partial charge >= 0.3 is 0 Å². The molecule has 1 saturated heterocycles. The van der Waals surface area contributed by atoms with Crippen LogP contribution in [0, 0.1) is 5.92 Å². The van der Waals surface area contributed by atoms with Crippen LogP contribution in [0.25, 0.3) is 6.08 Å². The molecule has 0 aliphatic carbocycles. The summed E-state index contributed by atoms with van der Waals surface area (Å²) in [6.07, 6.45) is 5.62. The number of rotatable bonds is 6. The van der Waals surface area contributed by atoms with Crippen molar-refractivity contribution in [1.82, 2.24) is 5.32 Å². The lowest BCUT2D eigenvalue weighted by Gasteiger charge is -2.22. The lowest BCUT2D eigenvalue weighted by Crippen LogP contribution is -2.30. The maximum absolute atomic E-state index is 12.1. The van der Waals surface area contributed by atoms with Gasteiger partial charge in [0.1, 0.15) is 5.75 Å². The number of nitrogens with one attached hydrogen (secondary N) is 2. The molecule has 1 fully saturated rings. The van der Waals surface area contributed by atoms with E-state index in [0.717, 1.165) is 54.0 Å². The Labute approximate surface area is 162 Å². The maximum atomic E-state index is 12.1. The minimum absolute atomic E-state index is 0.166. The Morgan fingerprint density at radius 1 is 1.19 bits per heavy atom. The molecule has 3 rings (SSSR count). The van der Waals surface area contributed by atoms with Gasteiger partial charge < -0.3 is 15.4 Å². The first kappa shape index (κ1) is 18.7. The monoisotopic (exact) mass is 414 g/mol. The van der Waals surface area contributed by atoms with Gasteiger partial charge in [-0.2, -0.15) is 0 Å². The first-order chi connectivity index (χ1) is 12.7. The molecule has 1 heterocycles. The first-order valence-corrected chi connectivity index (χ1v) is 9.66. The second-order valence-electron chi connectivity index (χ2n) is 6.41. The minimum Gasteiger partial charge on any atom is -0.493 e. The van der Waals surface area contributed by atoms with Crippen LogP contribution in [0.15, 0.2) is 59.1 Å². The zero-order valence-corrected chi connectivity index (χ0v) is 16.2. The van der Waals surface area contributed by atoms with Gasteiger partial charge in [-0.25, -0.2) is 0 Å². The van der Waals surface area contributed by atoms with Crippen molar-refractivity contribution in [1.29, 1.82) is 0 Å². The SMILES string of the molecule is O=C(/C=C/c1cccc(Br)c1)Nc1cccc(OCC2CCNCC2)c1. The fourth-order valence-corrected chi connectivity index (χ4v) is 3.31. The molecular formula is C21H23BrN2O2. The van der Waals surface area contributed by atoms with Crippen LogP contribution in [-0.2, 0) is 4.79 Å². The highest BCUT2D eigenvalue weighted by atomic mass is 79.9. The second-order valence-corrected chi connectivity index (χ2v) is 7.33. The average Bonchev–Trinajstić information content (AvgIpc) is 2.66. The summed E-state index contributed by atoms with van der Waals surface area (Å²) >= 11 is 3.42. The van der Waals surface area contributed by atoms with Gasteiger partial charge in [0, 0.05) is 22.3 Å². The van der Waals surface area contributed by atoms with Crippen molar-refractivity contribution in [3.63, 3.8) is 0 Å². The molecule has 0 aromatic heterocycles. The number of halogens is 1. The lowest BCUT2D eigenvalue weighted by atomic mass is 9.99. The summed E-state index contributed by atoms with van der Waals surface area (Å²) in [5.41, 5.74) is 1.70. The van der Waals surface area contributed by atoms with E-state index in [1.807, 2.05) is 48.5 Å². The van der Waals surface area contributed by atoms with E-state index in [1.54, 1.807) is 6.08 Å². The third-order valence-corrected chi connectivity index (χ3v) is 4.82. The van der Waals surface area contributed by atoms with E-state index in [9.17, 15) is 4.79 Å². The first-order valence-electron chi connectivity index (χ1n) is 8.87. The van der Waals surface area contributed by atoms with Crippen molar-refractivity contribution in [2.75, 3.05) is 25.0 Å². The van der Waals surface area contributed by atoms with Crippen LogP contribution < -0.4 is 15.4 Å². The molecule has 0 saturated carbocycles. The van der Waals surface area contributed by atoms with Crippen molar-refractivity contribution in [3.8, 4) is 5.75 Å². The van der Waals surface area contributed by atoms with E-state index in [2.05, 4.69) is 26.6 Å². The molecule has 2 N–H and O–H groups in total. The van der Waals surface area contributed by atoms with E-state index in [-0.39, 0.29) is 5.91 Å². The fraction of sp³-hybridized carbons (Fsp3) is 0.286. The molecule has 26 heavy (non-hydrogen) atoms. The summed E-state index contributed by atoms with van der Waals surface area (Å²) in [6.45, 7) is 2.85.